The molecular weight excluding hydrogens is 329 g/mol. The molecule has 0 aliphatic heterocycles. The largest absolute Gasteiger partial charge is 0.478 e. The molecule has 0 aliphatic carbocycles. The molecule has 0 bridgehead atoms. The number of hydrogen-bond acceptors (Lipinski definition) is 3. The second kappa shape index (κ2) is 6.52. The van der Waals surface area contributed by atoms with Crippen molar-refractivity contribution in [3.63, 3.8) is 0 Å². The first-order valence-electron chi connectivity index (χ1n) is 6.06. The summed E-state index contributed by atoms with van der Waals surface area (Å²) in [5.74, 6) is -0.976. The number of hydrogen-bond donors (Lipinski definition) is 1. The van der Waals surface area contributed by atoms with E-state index in [4.69, 9.17) is 28.3 Å². The lowest BCUT2D eigenvalue weighted by molar-refractivity contribution is -0.131. The minimum atomic E-state index is -0.976. The molecule has 1 heterocycles. The van der Waals surface area contributed by atoms with Gasteiger partial charge < -0.3 is 10.0 Å². The van der Waals surface area contributed by atoms with Crippen molar-refractivity contribution < 1.29 is 9.90 Å². The molecule has 3 nitrogen and oxygen atoms in total. The van der Waals surface area contributed by atoms with E-state index in [1.165, 1.54) is 11.3 Å². The number of carboxylic acid groups (broad SMARTS) is 1. The summed E-state index contributed by atoms with van der Waals surface area (Å²) in [6, 6.07) is 7.44. The fraction of sp³-hybridized carbons (Fsp3) is 0.133. The number of thiophene rings is 1. The van der Waals surface area contributed by atoms with Crippen molar-refractivity contribution in [3.8, 4) is 10.4 Å². The molecule has 0 amide bonds. The maximum absolute atomic E-state index is 10.5. The van der Waals surface area contributed by atoms with Gasteiger partial charge in [0.1, 0.15) is 0 Å². The number of carboxylic acids is 1. The molecule has 0 fully saturated rings. The highest BCUT2D eigenvalue weighted by Crippen LogP contribution is 2.41. The smallest absolute Gasteiger partial charge is 0.328 e. The van der Waals surface area contributed by atoms with Crippen LogP contribution in [-0.2, 0) is 4.79 Å². The van der Waals surface area contributed by atoms with Gasteiger partial charge in [-0.1, -0.05) is 23.2 Å². The van der Waals surface area contributed by atoms with Gasteiger partial charge in [-0.05, 0) is 30.3 Å². The van der Waals surface area contributed by atoms with Gasteiger partial charge in [-0.15, -0.1) is 11.3 Å². The van der Waals surface area contributed by atoms with E-state index in [-0.39, 0.29) is 0 Å². The molecule has 21 heavy (non-hydrogen) atoms. The minimum Gasteiger partial charge on any atom is -0.478 e. The van der Waals surface area contributed by atoms with Gasteiger partial charge in [-0.25, -0.2) is 4.79 Å². The highest BCUT2D eigenvalue weighted by Gasteiger charge is 2.13. The predicted molar refractivity (Wildman–Crippen MR) is 90.8 cm³/mol. The molecule has 0 spiro atoms. The fourth-order valence-corrected chi connectivity index (χ4v) is 3.56. The number of anilines is 1. The van der Waals surface area contributed by atoms with E-state index in [1.807, 2.05) is 43.3 Å². The van der Waals surface area contributed by atoms with Gasteiger partial charge in [-0.2, -0.15) is 0 Å². The number of rotatable bonds is 4. The summed E-state index contributed by atoms with van der Waals surface area (Å²) < 4.78 is 0. The predicted octanol–water partition coefficient (Wildman–Crippen LogP) is 4.89. The summed E-state index contributed by atoms with van der Waals surface area (Å²) >= 11 is 14.1. The first-order chi connectivity index (χ1) is 9.88. The van der Waals surface area contributed by atoms with Gasteiger partial charge in [0, 0.05) is 41.2 Å². The van der Waals surface area contributed by atoms with Crippen LogP contribution in [0.15, 0.2) is 30.3 Å². The molecule has 0 aliphatic rings. The van der Waals surface area contributed by atoms with Crippen LogP contribution in [0.1, 0.15) is 4.88 Å². The quantitative estimate of drug-likeness (QED) is 0.805. The molecule has 0 radical (unpaired) electrons. The van der Waals surface area contributed by atoms with Crippen molar-refractivity contribution in [3.05, 3.63) is 45.3 Å². The Morgan fingerprint density at radius 1 is 1.24 bits per heavy atom. The Kier molecular flexibility index (Phi) is 4.93. The zero-order chi connectivity index (χ0) is 15.6. The Bertz CT molecular complexity index is 684. The van der Waals surface area contributed by atoms with Crippen LogP contribution in [0, 0.1) is 0 Å². The average Bonchev–Trinajstić information content (AvgIpc) is 2.84. The van der Waals surface area contributed by atoms with Gasteiger partial charge in [0.2, 0.25) is 0 Å². The van der Waals surface area contributed by atoms with E-state index in [0.29, 0.717) is 10.0 Å². The molecule has 1 aromatic carbocycles. The summed E-state index contributed by atoms with van der Waals surface area (Å²) in [7, 11) is 3.84. The number of halogens is 2. The van der Waals surface area contributed by atoms with Crippen LogP contribution in [0.5, 0.6) is 0 Å². The Hall–Kier alpha value is -1.49. The monoisotopic (exact) mass is 341 g/mol. The van der Waals surface area contributed by atoms with E-state index < -0.39 is 5.97 Å². The van der Waals surface area contributed by atoms with Crippen molar-refractivity contribution in [1.82, 2.24) is 0 Å². The third kappa shape index (κ3) is 3.79. The molecular formula is C15H13Cl2NO2S. The average molecular weight is 342 g/mol. The summed E-state index contributed by atoms with van der Waals surface area (Å²) in [5.41, 5.74) is 1.69. The molecule has 0 unspecified atom stereocenters. The van der Waals surface area contributed by atoms with Gasteiger partial charge >= 0.3 is 5.97 Å². The van der Waals surface area contributed by atoms with Crippen LogP contribution in [0.3, 0.4) is 0 Å². The van der Waals surface area contributed by atoms with Gasteiger partial charge in [0.05, 0.1) is 10.0 Å². The highest BCUT2D eigenvalue weighted by molar-refractivity contribution is 7.16. The molecule has 2 rings (SSSR count). The third-order valence-corrected chi connectivity index (χ3v) is 4.47. The summed E-state index contributed by atoms with van der Waals surface area (Å²) in [5, 5.41) is 9.78. The first kappa shape index (κ1) is 15.9. The number of carbonyl (C=O) groups is 1. The molecule has 6 heteroatoms. The second-order valence-electron chi connectivity index (χ2n) is 4.55. The summed E-state index contributed by atoms with van der Waals surface area (Å²) in [6.07, 6.45) is 2.65. The van der Waals surface area contributed by atoms with E-state index in [0.717, 1.165) is 27.1 Å². The van der Waals surface area contributed by atoms with E-state index in [1.54, 1.807) is 6.08 Å². The normalized spacial score (nSPS) is 11.0. The van der Waals surface area contributed by atoms with Gasteiger partial charge in [0.25, 0.3) is 0 Å². The lowest BCUT2D eigenvalue weighted by atomic mass is 10.1. The molecule has 110 valence electrons. The minimum absolute atomic E-state index is 0.571. The van der Waals surface area contributed by atoms with Crippen molar-refractivity contribution in [2.24, 2.45) is 0 Å². The Morgan fingerprint density at radius 3 is 2.38 bits per heavy atom. The maximum Gasteiger partial charge on any atom is 0.328 e. The lowest BCUT2D eigenvalue weighted by Gasteiger charge is -2.15. The number of benzene rings is 1. The molecule has 1 N–H and O–H groups in total. The fourth-order valence-electron chi connectivity index (χ4n) is 1.78. The zero-order valence-corrected chi connectivity index (χ0v) is 13.8. The highest BCUT2D eigenvalue weighted by atomic mass is 35.5. The molecule has 2 aromatic rings. The second-order valence-corrected chi connectivity index (χ2v) is 6.48. The van der Waals surface area contributed by atoms with Crippen molar-refractivity contribution >= 4 is 52.3 Å². The Balaban J connectivity index is 2.41. The summed E-state index contributed by atoms with van der Waals surface area (Å²) in [6.45, 7) is 0. The van der Waals surface area contributed by atoms with Crippen LogP contribution in [0.4, 0.5) is 5.69 Å². The standard InChI is InChI=1S/C15H13Cl2NO2S/c1-18(2)9-7-11(16)15(12(17)8-9)13-5-3-10(21-13)4-6-14(19)20/h3-8H,1-2H3,(H,19,20). The topological polar surface area (TPSA) is 40.5 Å². The number of nitrogens with zero attached hydrogens (tertiary/aromatic N) is 1. The van der Waals surface area contributed by atoms with Gasteiger partial charge in [0.15, 0.2) is 0 Å². The van der Waals surface area contributed by atoms with Crippen molar-refractivity contribution in [2.75, 3.05) is 19.0 Å². The molecule has 0 atom stereocenters. The third-order valence-electron chi connectivity index (χ3n) is 2.81. The number of aliphatic carboxylic acids is 1. The summed E-state index contributed by atoms with van der Waals surface area (Å²) in [4.78, 5) is 14.2. The van der Waals surface area contributed by atoms with E-state index >= 15 is 0 Å². The van der Waals surface area contributed by atoms with Crippen LogP contribution in [0.2, 0.25) is 10.0 Å². The van der Waals surface area contributed by atoms with Crippen LogP contribution >= 0.6 is 34.5 Å². The first-order valence-corrected chi connectivity index (χ1v) is 7.63. The van der Waals surface area contributed by atoms with Crippen molar-refractivity contribution in [1.29, 1.82) is 0 Å². The lowest BCUT2D eigenvalue weighted by Crippen LogP contribution is -2.08. The molecule has 1 aromatic heterocycles. The maximum atomic E-state index is 10.5. The molecule has 0 saturated carbocycles. The Morgan fingerprint density at radius 2 is 1.86 bits per heavy atom. The van der Waals surface area contributed by atoms with Crippen LogP contribution < -0.4 is 4.90 Å². The zero-order valence-electron chi connectivity index (χ0n) is 11.4. The van der Waals surface area contributed by atoms with Crippen LogP contribution in [0.25, 0.3) is 16.5 Å². The van der Waals surface area contributed by atoms with Crippen LogP contribution in [-0.4, -0.2) is 25.2 Å². The molecule has 0 saturated heterocycles. The Labute approximate surface area is 137 Å². The van der Waals surface area contributed by atoms with Gasteiger partial charge in [-0.3, -0.25) is 0 Å². The van der Waals surface area contributed by atoms with Crippen molar-refractivity contribution in [2.45, 2.75) is 0 Å². The SMILES string of the molecule is CN(C)c1cc(Cl)c(-c2ccc(C=CC(=O)O)s2)c(Cl)c1. The van der Waals surface area contributed by atoms with E-state index in [2.05, 4.69) is 0 Å². The van der Waals surface area contributed by atoms with E-state index in [9.17, 15) is 4.79 Å².